The highest BCUT2D eigenvalue weighted by molar-refractivity contribution is 5.70. The number of nitrogens with one attached hydrogen (secondary N) is 1. The first-order valence-corrected chi connectivity index (χ1v) is 8.36. The number of aryl methyl sites for hydroxylation is 1. The van der Waals surface area contributed by atoms with Crippen LogP contribution in [0.4, 0.5) is 4.39 Å². The van der Waals surface area contributed by atoms with Crippen LogP contribution in [0.1, 0.15) is 50.5 Å². The fraction of sp³-hybridized carbons (Fsp3) is 0.611. The Morgan fingerprint density at radius 2 is 1.77 bits per heavy atom. The van der Waals surface area contributed by atoms with E-state index in [-0.39, 0.29) is 11.7 Å². The van der Waals surface area contributed by atoms with Crippen LogP contribution in [0.25, 0.3) is 0 Å². The summed E-state index contributed by atoms with van der Waals surface area (Å²) in [6.45, 7) is 1.01. The number of hydrogen-bond donors (Lipinski definition) is 2. The maximum Gasteiger partial charge on any atom is 0.306 e. The van der Waals surface area contributed by atoms with Gasteiger partial charge in [0.15, 0.2) is 0 Å². The Morgan fingerprint density at radius 3 is 2.41 bits per heavy atom. The highest BCUT2D eigenvalue weighted by Gasteiger charge is 2.25. The molecule has 1 fully saturated rings. The van der Waals surface area contributed by atoms with Crippen molar-refractivity contribution in [2.45, 2.75) is 57.4 Å². The Hall–Kier alpha value is -1.42. The Bertz CT molecular complexity index is 453. The smallest absolute Gasteiger partial charge is 0.306 e. The molecule has 122 valence electrons. The number of aliphatic carboxylic acids is 1. The van der Waals surface area contributed by atoms with Crippen molar-refractivity contribution in [2.75, 3.05) is 6.54 Å². The second-order valence-electron chi connectivity index (χ2n) is 6.28. The van der Waals surface area contributed by atoms with Gasteiger partial charge in [-0.25, -0.2) is 4.39 Å². The molecule has 0 bridgehead atoms. The van der Waals surface area contributed by atoms with Crippen LogP contribution in [-0.2, 0) is 11.2 Å². The molecule has 0 aromatic heterocycles. The van der Waals surface area contributed by atoms with E-state index >= 15 is 0 Å². The molecule has 2 rings (SSSR count). The van der Waals surface area contributed by atoms with Gasteiger partial charge in [0.1, 0.15) is 5.82 Å². The van der Waals surface area contributed by atoms with Crippen molar-refractivity contribution in [3.05, 3.63) is 35.6 Å². The van der Waals surface area contributed by atoms with Crippen molar-refractivity contribution in [1.29, 1.82) is 0 Å². The first-order chi connectivity index (χ1) is 10.6. The summed E-state index contributed by atoms with van der Waals surface area (Å²) in [5.74, 6) is -0.946. The van der Waals surface area contributed by atoms with Crippen molar-refractivity contribution in [3.63, 3.8) is 0 Å². The molecular weight excluding hydrogens is 281 g/mol. The lowest BCUT2D eigenvalue weighted by atomic mass is 9.86. The van der Waals surface area contributed by atoms with E-state index in [1.165, 1.54) is 17.7 Å². The quantitative estimate of drug-likeness (QED) is 0.719. The first-order valence-electron chi connectivity index (χ1n) is 8.36. The molecule has 0 unspecified atom stereocenters. The molecule has 4 heteroatoms. The maximum absolute atomic E-state index is 12.8. The van der Waals surface area contributed by atoms with Gasteiger partial charge in [0.05, 0.1) is 5.92 Å². The van der Waals surface area contributed by atoms with Crippen LogP contribution in [-0.4, -0.2) is 23.7 Å². The van der Waals surface area contributed by atoms with Gasteiger partial charge >= 0.3 is 5.97 Å². The highest BCUT2D eigenvalue weighted by Crippen LogP contribution is 2.24. The molecule has 1 aromatic rings. The zero-order valence-corrected chi connectivity index (χ0v) is 13.1. The van der Waals surface area contributed by atoms with E-state index in [0.717, 1.165) is 57.9 Å². The lowest BCUT2D eigenvalue weighted by molar-refractivity contribution is -0.142. The lowest BCUT2D eigenvalue weighted by Gasteiger charge is -2.26. The largest absolute Gasteiger partial charge is 0.481 e. The van der Waals surface area contributed by atoms with Gasteiger partial charge in [-0.15, -0.1) is 0 Å². The average molecular weight is 307 g/mol. The van der Waals surface area contributed by atoms with Crippen molar-refractivity contribution >= 4 is 5.97 Å². The summed E-state index contributed by atoms with van der Waals surface area (Å²) >= 11 is 0. The minimum absolute atomic E-state index is 0.131. The summed E-state index contributed by atoms with van der Waals surface area (Å²) in [6, 6.07) is 7.24. The predicted octanol–water partition coefficient (Wildman–Crippen LogP) is 3.77. The van der Waals surface area contributed by atoms with Crippen molar-refractivity contribution < 1.29 is 14.3 Å². The molecule has 1 aliphatic rings. The Morgan fingerprint density at radius 1 is 1.09 bits per heavy atom. The molecule has 0 spiro atoms. The van der Waals surface area contributed by atoms with Gasteiger partial charge in [-0.1, -0.05) is 18.6 Å². The zero-order valence-electron chi connectivity index (χ0n) is 13.1. The Balaban J connectivity index is 1.49. The zero-order chi connectivity index (χ0) is 15.8. The van der Waals surface area contributed by atoms with Gasteiger partial charge < -0.3 is 10.4 Å². The normalized spacial score (nSPS) is 21.7. The monoisotopic (exact) mass is 307 g/mol. The number of carbonyl (C=O) groups is 1. The number of halogens is 1. The second kappa shape index (κ2) is 8.89. The highest BCUT2D eigenvalue weighted by atomic mass is 19.1. The molecule has 1 saturated carbocycles. The molecule has 0 amide bonds. The Labute approximate surface area is 131 Å². The number of benzene rings is 1. The fourth-order valence-electron chi connectivity index (χ4n) is 3.13. The predicted molar refractivity (Wildman–Crippen MR) is 85.3 cm³/mol. The number of rotatable bonds is 8. The van der Waals surface area contributed by atoms with E-state index in [1.807, 2.05) is 12.1 Å². The summed E-state index contributed by atoms with van der Waals surface area (Å²) in [7, 11) is 0. The van der Waals surface area contributed by atoms with Gasteiger partial charge in [-0.05, 0) is 69.2 Å². The van der Waals surface area contributed by atoms with Crippen LogP contribution in [0.2, 0.25) is 0 Å². The van der Waals surface area contributed by atoms with Gasteiger partial charge in [0.25, 0.3) is 0 Å². The summed E-state index contributed by atoms with van der Waals surface area (Å²) in [5.41, 5.74) is 1.20. The van der Waals surface area contributed by atoms with Crippen LogP contribution < -0.4 is 5.32 Å². The maximum atomic E-state index is 12.8. The first kappa shape index (κ1) is 16.9. The lowest BCUT2D eigenvalue weighted by Crippen LogP contribution is -2.35. The summed E-state index contributed by atoms with van der Waals surface area (Å²) in [4.78, 5) is 10.9. The standard InChI is InChI=1S/C18H26FNO2/c19-16-9-5-14(6-10-16)4-2-1-3-13-20-17-11-7-15(8-12-17)18(21)22/h5-6,9-10,15,17,20H,1-4,7-8,11-13H2,(H,21,22). The van der Waals surface area contributed by atoms with E-state index in [0.29, 0.717) is 6.04 Å². The van der Waals surface area contributed by atoms with Crippen LogP contribution >= 0.6 is 0 Å². The number of unbranched alkanes of at least 4 members (excludes halogenated alkanes) is 2. The minimum atomic E-state index is -0.640. The molecule has 0 heterocycles. The van der Waals surface area contributed by atoms with Crippen LogP contribution in [0.15, 0.2) is 24.3 Å². The molecule has 1 aromatic carbocycles. The van der Waals surface area contributed by atoms with Gasteiger partial charge in [0.2, 0.25) is 0 Å². The number of hydrogen-bond acceptors (Lipinski definition) is 2. The van der Waals surface area contributed by atoms with Crippen LogP contribution in [0.5, 0.6) is 0 Å². The van der Waals surface area contributed by atoms with Crippen LogP contribution in [0, 0.1) is 11.7 Å². The number of carboxylic acid groups (broad SMARTS) is 1. The SMILES string of the molecule is O=C(O)C1CCC(NCCCCCc2ccc(F)cc2)CC1. The Kier molecular flexibility index (Phi) is 6.84. The van der Waals surface area contributed by atoms with Crippen molar-refractivity contribution in [2.24, 2.45) is 5.92 Å². The van der Waals surface area contributed by atoms with Crippen LogP contribution in [0.3, 0.4) is 0 Å². The topological polar surface area (TPSA) is 49.3 Å². The second-order valence-corrected chi connectivity index (χ2v) is 6.28. The third-order valence-electron chi connectivity index (χ3n) is 4.56. The summed E-state index contributed by atoms with van der Waals surface area (Å²) in [5, 5.41) is 12.5. The molecule has 0 aliphatic heterocycles. The molecule has 0 radical (unpaired) electrons. The molecule has 2 N–H and O–H groups in total. The molecule has 22 heavy (non-hydrogen) atoms. The number of carboxylic acids is 1. The van der Waals surface area contributed by atoms with E-state index in [1.54, 1.807) is 0 Å². The third kappa shape index (κ3) is 5.76. The van der Waals surface area contributed by atoms with E-state index < -0.39 is 5.97 Å². The molecule has 0 saturated heterocycles. The molecule has 3 nitrogen and oxygen atoms in total. The van der Waals surface area contributed by atoms with Gasteiger partial charge in [-0.2, -0.15) is 0 Å². The van der Waals surface area contributed by atoms with Gasteiger partial charge in [0, 0.05) is 6.04 Å². The van der Waals surface area contributed by atoms with E-state index in [4.69, 9.17) is 5.11 Å². The van der Waals surface area contributed by atoms with Gasteiger partial charge in [-0.3, -0.25) is 4.79 Å². The average Bonchev–Trinajstić information content (AvgIpc) is 2.53. The molecule has 0 atom stereocenters. The minimum Gasteiger partial charge on any atom is -0.481 e. The summed E-state index contributed by atoms with van der Waals surface area (Å²) < 4.78 is 12.8. The third-order valence-corrected chi connectivity index (χ3v) is 4.56. The van der Waals surface area contributed by atoms with E-state index in [2.05, 4.69) is 5.32 Å². The fourth-order valence-corrected chi connectivity index (χ4v) is 3.13. The molecule has 1 aliphatic carbocycles. The van der Waals surface area contributed by atoms with E-state index in [9.17, 15) is 9.18 Å². The molecular formula is C18H26FNO2. The van der Waals surface area contributed by atoms with Crippen molar-refractivity contribution in [3.8, 4) is 0 Å². The summed E-state index contributed by atoms with van der Waals surface area (Å²) in [6.07, 6.45) is 7.99. The van der Waals surface area contributed by atoms with Crippen molar-refractivity contribution in [1.82, 2.24) is 5.32 Å².